The van der Waals surface area contributed by atoms with E-state index in [2.05, 4.69) is 10.6 Å². The molecule has 172 valence electrons. The van der Waals surface area contributed by atoms with Gasteiger partial charge < -0.3 is 20.1 Å². The summed E-state index contributed by atoms with van der Waals surface area (Å²) in [6.07, 6.45) is -0.149. The molecule has 0 aliphatic heterocycles. The van der Waals surface area contributed by atoms with E-state index in [1.807, 2.05) is 6.92 Å². The van der Waals surface area contributed by atoms with Crippen LogP contribution in [0.25, 0.3) is 0 Å². The Bertz CT molecular complexity index is 1040. The first-order chi connectivity index (χ1) is 15.9. The summed E-state index contributed by atoms with van der Waals surface area (Å²) in [6.45, 7) is 2.48. The van der Waals surface area contributed by atoms with Crippen LogP contribution >= 0.6 is 0 Å². The number of carbonyl (C=O) groups is 2. The number of amides is 2. The van der Waals surface area contributed by atoms with E-state index in [9.17, 15) is 18.4 Å². The predicted molar refractivity (Wildman–Crippen MR) is 119 cm³/mol. The lowest BCUT2D eigenvalue weighted by Crippen LogP contribution is -2.41. The molecule has 6 nitrogen and oxygen atoms in total. The number of methoxy groups -OCH3 is 1. The van der Waals surface area contributed by atoms with Crippen molar-refractivity contribution < 1.29 is 27.8 Å². The molecular weight excluding hydrogens is 430 g/mol. The van der Waals surface area contributed by atoms with Crippen molar-refractivity contribution in [2.24, 2.45) is 0 Å². The molecule has 0 radical (unpaired) electrons. The molecule has 2 amide bonds. The van der Waals surface area contributed by atoms with Crippen LogP contribution in [0.4, 0.5) is 8.78 Å². The quantitative estimate of drug-likeness (QED) is 0.463. The van der Waals surface area contributed by atoms with E-state index in [1.165, 1.54) is 55.6 Å². The number of rotatable bonds is 9. The maximum Gasteiger partial charge on any atom is 0.253 e. The Hall–Kier alpha value is -3.94. The second-order valence-electron chi connectivity index (χ2n) is 7.15. The third-order valence-corrected chi connectivity index (χ3v) is 4.75. The van der Waals surface area contributed by atoms with Crippen molar-refractivity contribution in [1.29, 1.82) is 0 Å². The first-order valence-electron chi connectivity index (χ1n) is 10.3. The fraction of sp³-hybridized carbons (Fsp3) is 0.200. The summed E-state index contributed by atoms with van der Waals surface area (Å²) in [5, 5.41) is 5.46. The van der Waals surface area contributed by atoms with Crippen molar-refractivity contribution >= 4 is 11.8 Å². The van der Waals surface area contributed by atoms with Crippen molar-refractivity contribution in [2.45, 2.75) is 19.5 Å². The van der Waals surface area contributed by atoms with E-state index >= 15 is 0 Å². The Balaban J connectivity index is 1.90. The third-order valence-electron chi connectivity index (χ3n) is 4.75. The summed E-state index contributed by atoms with van der Waals surface area (Å²) in [7, 11) is 1.49. The van der Waals surface area contributed by atoms with E-state index in [-0.39, 0.29) is 11.1 Å². The van der Waals surface area contributed by atoms with Crippen LogP contribution in [0.2, 0.25) is 0 Å². The van der Waals surface area contributed by atoms with Gasteiger partial charge in [0.15, 0.2) is 11.5 Å². The number of carbonyl (C=O) groups excluding carboxylic acids is 2. The first-order valence-corrected chi connectivity index (χ1v) is 10.3. The minimum Gasteiger partial charge on any atom is -0.493 e. The lowest BCUT2D eigenvalue weighted by molar-refractivity contribution is 0.0883. The average Bonchev–Trinajstić information content (AvgIpc) is 2.83. The molecule has 3 aromatic rings. The van der Waals surface area contributed by atoms with E-state index < -0.39 is 29.6 Å². The Morgan fingerprint density at radius 1 is 0.818 bits per heavy atom. The van der Waals surface area contributed by atoms with Gasteiger partial charge in [0.2, 0.25) is 0 Å². The smallest absolute Gasteiger partial charge is 0.253 e. The Morgan fingerprint density at radius 2 is 1.33 bits per heavy atom. The van der Waals surface area contributed by atoms with Crippen molar-refractivity contribution in [3.05, 3.63) is 95.1 Å². The molecule has 0 aromatic heterocycles. The Labute approximate surface area is 190 Å². The van der Waals surface area contributed by atoms with Gasteiger partial charge in [0.25, 0.3) is 11.8 Å². The maximum atomic E-state index is 13.2. The molecule has 3 aromatic carbocycles. The van der Waals surface area contributed by atoms with Gasteiger partial charge >= 0.3 is 0 Å². The molecule has 3 rings (SSSR count). The van der Waals surface area contributed by atoms with Gasteiger partial charge in [-0.1, -0.05) is 13.0 Å². The minimum atomic E-state index is -0.964. The number of halogens is 2. The van der Waals surface area contributed by atoms with Crippen LogP contribution < -0.4 is 20.1 Å². The van der Waals surface area contributed by atoms with Gasteiger partial charge in [0.05, 0.1) is 13.7 Å². The molecule has 0 unspecified atom stereocenters. The highest BCUT2D eigenvalue weighted by molar-refractivity contribution is 5.96. The summed E-state index contributed by atoms with van der Waals surface area (Å²) in [5.74, 6) is -1.04. The molecule has 0 saturated carbocycles. The summed E-state index contributed by atoms with van der Waals surface area (Å²) >= 11 is 0. The molecule has 0 saturated heterocycles. The zero-order valence-electron chi connectivity index (χ0n) is 18.2. The molecule has 0 heterocycles. The minimum absolute atomic E-state index is 0.215. The van der Waals surface area contributed by atoms with Crippen LogP contribution in [-0.2, 0) is 0 Å². The first kappa shape index (κ1) is 23.7. The van der Waals surface area contributed by atoms with Crippen LogP contribution in [0.15, 0.2) is 66.7 Å². The maximum absolute atomic E-state index is 13.2. The average molecular weight is 454 g/mol. The topological polar surface area (TPSA) is 76.7 Å². The normalized spacial score (nSPS) is 10.6. The largest absolute Gasteiger partial charge is 0.493 e. The lowest BCUT2D eigenvalue weighted by atomic mass is 10.1. The molecule has 0 atom stereocenters. The second-order valence-corrected chi connectivity index (χ2v) is 7.15. The van der Waals surface area contributed by atoms with Crippen molar-refractivity contribution in [3.63, 3.8) is 0 Å². The van der Waals surface area contributed by atoms with Gasteiger partial charge in [-0.15, -0.1) is 0 Å². The van der Waals surface area contributed by atoms with Gasteiger partial charge in [-0.3, -0.25) is 9.59 Å². The van der Waals surface area contributed by atoms with Crippen molar-refractivity contribution in [1.82, 2.24) is 10.6 Å². The lowest BCUT2D eigenvalue weighted by Gasteiger charge is -2.22. The molecule has 0 aliphatic carbocycles. The number of hydrogen-bond acceptors (Lipinski definition) is 4. The molecule has 0 fully saturated rings. The van der Waals surface area contributed by atoms with Gasteiger partial charge in [-0.2, -0.15) is 0 Å². The van der Waals surface area contributed by atoms with Crippen LogP contribution in [0.5, 0.6) is 11.5 Å². The zero-order valence-corrected chi connectivity index (χ0v) is 18.2. The number of benzene rings is 3. The predicted octanol–water partition coefficient (Wildman–Crippen LogP) is 4.62. The third kappa shape index (κ3) is 6.29. The van der Waals surface area contributed by atoms with Crippen molar-refractivity contribution in [2.75, 3.05) is 13.7 Å². The standard InChI is InChI=1S/C25H24F2N2O4/c1-3-14-33-21-13-8-18(15-22(21)32-2)23(28-24(30)16-4-9-19(26)10-5-16)29-25(31)17-6-11-20(27)12-7-17/h4-13,15,23H,3,14H2,1-2H3,(H,28,30)(H,29,31). The van der Waals surface area contributed by atoms with E-state index in [1.54, 1.807) is 18.2 Å². The van der Waals surface area contributed by atoms with Crippen molar-refractivity contribution in [3.8, 4) is 11.5 Å². The van der Waals surface area contributed by atoms with Crippen LogP contribution in [0.3, 0.4) is 0 Å². The Kier molecular flexibility index (Phi) is 7.96. The molecule has 0 bridgehead atoms. The van der Waals surface area contributed by atoms with E-state index in [0.29, 0.717) is 23.7 Å². The van der Waals surface area contributed by atoms with Gasteiger partial charge in [-0.25, -0.2) is 8.78 Å². The monoisotopic (exact) mass is 454 g/mol. The zero-order chi connectivity index (χ0) is 23.8. The fourth-order valence-electron chi connectivity index (χ4n) is 3.03. The summed E-state index contributed by atoms with van der Waals surface area (Å²) in [6, 6.07) is 15.1. The van der Waals surface area contributed by atoms with Crippen LogP contribution in [-0.4, -0.2) is 25.5 Å². The van der Waals surface area contributed by atoms with Crippen LogP contribution in [0.1, 0.15) is 45.8 Å². The molecule has 0 spiro atoms. The number of ether oxygens (including phenoxy) is 2. The summed E-state index contributed by atoms with van der Waals surface area (Å²) in [4.78, 5) is 25.5. The molecule has 33 heavy (non-hydrogen) atoms. The van der Waals surface area contributed by atoms with Gasteiger partial charge in [-0.05, 0) is 72.6 Å². The molecule has 0 aliphatic rings. The highest BCUT2D eigenvalue weighted by Gasteiger charge is 2.21. The SMILES string of the molecule is CCCOc1ccc(C(NC(=O)c2ccc(F)cc2)NC(=O)c2ccc(F)cc2)cc1OC. The number of nitrogens with one attached hydrogen (secondary N) is 2. The van der Waals surface area contributed by atoms with E-state index in [4.69, 9.17) is 9.47 Å². The second kappa shape index (κ2) is 11.1. The summed E-state index contributed by atoms with van der Waals surface area (Å²) in [5.41, 5.74) is 0.946. The molecule has 8 heteroatoms. The molecule has 2 N–H and O–H groups in total. The molecular formula is C25H24F2N2O4. The van der Waals surface area contributed by atoms with Crippen LogP contribution in [0, 0.1) is 11.6 Å². The van der Waals surface area contributed by atoms with E-state index in [0.717, 1.165) is 6.42 Å². The Morgan fingerprint density at radius 3 is 1.79 bits per heavy atom. The van der Waals surface area contributed by atoms with Gasteiger partial charge in [0.1, 0.15) is 17.8 Å². The highest BCUT2D eigenvalue weighted by Crippen LogP contribution is 2.30. The number of hydrogen-bond donors (Lipinski definition) is 2. The highest BCUT2D eigenvalue weighted by atomic mass is 19.1. The van der Waals surface area contributed by atoms with Gasteiger partial charge in [0, 0.05) is 11.1 Å². The fourth-order valence-corrected chi connectivity index (χ4v) is 3.03. The summed E-state index contributed by atoms with van der Waals surface area (Å²) < 4.78 is 37.5.